The van der Waals surface area contributed by atoms with Crippen molar-refractivity contribution in [2.24, 2.45) is 0 Å². The Morgan fingerprint density at radius 3 is 2.75 bits per heavy atom. The van der Waals surface area contributed by atoms with E-state index in [0.717, 1.165) is 17.8 Å². The number of amides is 1. The quantitative estimate of drug-likeness (QED) is 0.867. The summed E-state index contributed by atoms with van der Waals surface area (Å²) < 4.78 is 14.9. The predicted octanol–water partition coefficient (Wildman–Crippen LogP) is 3.21. The van der Waals surface area contributed by atoms with Gasteiger partial charge in [0.1, 0.15) is 11.2 Å². The molecule has 0 aliphatic carbocycles. The van der Waals surface area contributed by atoms with Gasteiger partial charge < -0.3 is 9.47 Å². The molecular weight excluding hydrogens is 275 g/mol. The fourth-order valence-electron chi connectivity index (χ4n) is 2.41. The minimum Gasteiger partial charge on any atom is -0.326 e. The number of carbonyl (C=O) groups excluding carboxylic acids is 1. The highest BCUT2D eigenvalue weighted by molar-refractivity contribution is 8.00. The zero-order chi connectivity index (χ0) is 14.1. The second-order valence-corrected chi connectivity index (χ2v) is 5.74. The molecule has 1 aromatic heterocycles. The van der Waals surface area contributed by atoms with E-state index in [1.54, 1.807) is 23.9 Å². The van der Waals surface area contributed by atoms with E-state index in [1.807, 2.05) is 34.9 Å². The van der Waals surface area contributed by atoms with Crippen LogP contribution in [0.3, 0.4) is 0 Å². The van der Waals surface area contributed by atoms with Crippen molar-refractivity contribution in [2.75, 3.05) is 12.3 Å². The molecule has 1 atom stereocenters. The topological polar surface area (TPSA) is 25.2 Å². The van der Waals surface area contributed by atoms with Gasteiger partial charge in [0.25, 0.3) is 0 Å². The summed E-state index contributed by atoms with van der Waals surface area (Å²) in [6.07, 6.45) is 3.95. The van der Waals surface area contributed by atoms with Gasteiger partial charge in [0, 0.05) is 30.2 Å². The van der Waals surface area contributed by atoms with Crippen LogP contribution in [0.4, 0.5) is 4.39 Å². The molecule has 5 heteroatoms. The fourth-order valence-corrected chi connectivity index (χ4v) is 3.65. The van der Waals surface area contributed by atoms with E-state index < -0.39 is 0 Å². The number of hydrogen-bond acceptors (Lipinski definition) is 2. The van der Waals surface area contributed by atoms with Crippen LogP contribution in [0.15, 0.2) is 42.7 Å². The SMILES string of the molecule is CCN1C(=O)CSC1c1ccn(-c2ccc(F)cc2)c1. The monoisotopic (exact) mass is 290 g/mol. The Balaban J connectivity index is 1.87. The summed E-state index contributed by atoms with van der Waals surface area (Å²) in [6, 6.07) is 8.39. The lowest BCUT2D eigenvalue weighted by molar-refractivity contribution is -0.127. The molecule has 1 unspecified atom stereocenters. The van der Waals surface area contributed by atoms with E-state index in [9.17, 15) is 9.18 Å². The molecule has 104 valence electrons. The van der Waals surface area contributed by atoms with Gasteiger partial charge in [0.05, 0.1) is 5.75 Å². The molecular formula is C15H15FN2OS. The van der Waals surface area contributed by atoms with Gasteiger partial charge in [0.2, 0.25) is 5.91 Å². The third-order valence-electron chi connectivity index (χ3n) is 3.43. The van der Waals surface area contributed by atoms with Crippen molar-refractivity contribution in [3.8, 4) is 5.69 Å². The third kappa shape index (κ3) is 2.33. The molecule has 0 saturated carbocycles. The minimum absolute atomic E-state index is 0.0919. The number of halogens is 1. The standard InChI is InChI=1S/C15H15FN2OS/c1-2-18-14(19)10-20-15(18)11-7-8-17(9-11)13-5-3-12(16)4-6-13/h3-9,15H,2,10H2,1H3. The largest absolute Gasteiger partial charge is 0.326 e. The molecule has 1 amide bonds. The first-order valence-corrected chi connectivity index (χ1v) is 7.59. The van der Waals surface area contributed by atoms with Crippen LogP contribution in [0.5, 0.6) is 0 Å². The van der Waals surface area contributed by atoms with Crippen LogP contribution < -0.4 is 0 Å². The van der Waals surface area contributed by atoms with Crippen molar-refractivity contribution >= 4 is 17.7 Å². The van der Waals surface area contributed by atoms with E-state index in [0.29, 0.717) is 5.75 Å². The van der Waals surface area contributed by atoms with Gasteiger partial charge in [-0.1, -0.05) is 0 Å². The van der Waals surface area contributed by atoms with Gasteiger partial charge >= 0.3 is 0 Å². The number of benzene rings is 1. The highest BCUT2D eigenvalue weighted by Crippen LogP contribution is 2.38. The number of nitrogens with zero attached hydrogens (tertiary/aromatic N) is 2. The minimum atomic E-state index is -0.241. The van der Waals surface area contributed by atoms with Crippen LogP contribution in [0.25, 0.3) is 5.69 Å². The van der Waals surface area contributed by atoms with Crippen molar-refractivity contribution in [1.29, 1.82) is 0 Å². The molecule has 0 radical (unpaired) electrons. The Hall–Kier alpha value is -1.75. The van der Waals surface area contributed by atoms with Crippen LogP contribution in [0, 0.1) is 5.82 Å². The van der Waals surface area contributed by atoms with Crippen LogP contribution in [-0.2, 0) is 4.79 Å². The van der Waals surface area contributed by atoms with Crippen LogP contribution in [-0.4, -0.2) is 27.7 Å². The maximum absolute atomic E-state index is 12.9. The van der Waals surface area contributed by atoms with Gasteiger partial charge in [-0.25, -0.2) is 4.39 Å². The second kappa shape index (κ2) is 5.32. The zero-order valence-corrected chi connectivity index (χ0v) is 11.9. The molecule has 0 N–H and O–H groups in total. The first kappa shape index (κ1) is 13.2. The van der Waals surface area contributed by atoms with Crippen LogP contribution in [0.1, 0.15) is 17.9 Å². The van der Waals surface area contributed by atoms with E-state index in [2.05, 4.69) is 0 Å². The molecule has 1 aliphatic rings. The predicted molar refractivity (Wildman–Crippen MR) is 78.3 cm³/mol. The molecule has 3 rings (SSSR count). The van der Waals surface area contributed by atoms with Crippen molar-refractivity contribution in [3.05, 3.63) is 54.1 Å². The Morgan fingerprint density at radius 1 is 1.30 bits per heavy atom. The highest BCUT2D eigenvalue weighted by atomic mass is 32.2. The Morgan fingerprint density at radius 2 is 2.05 bits per heavy atom. The lowest BCUT2D eigenvalue weighted by Gasteiger charge is -2.21. The number of carbonyl (C=O) groups is 1. The molecule has 3 nitrogen and oxygen atoms in total. The van der Waals surface area contributed by atoms with Crippen LogP contribution >= 0.6 is 11.8 Å². The first-order chi connectivity index (χ1) is 9.69. The molecule has 1 aliphatic heterocycles. The Bertz CT molecular complexity index is 623. The normalized spacial score (nSPS) is 18.8. The fraction of sp³-hybridized carbons (Fsp3) is 0.267. The molecule has 1 aromatic carbocycles. The molecule has 0 bridgehead atoms. The van der Waals surface area contributed by atoms with E-state index in [-0.39, 0.29) is 17.1 Å². The van der Waals surface area contributed by atoms with Gasteiger partial charge in [-0.2, -0.15) is 0 Å². The summed E-state index contributed by atoms with van der Waals surface area (Å²) in [5.74, 6) is 0.493. The van der Waals surface area contributed by atoms with Gasteiger partial charge in [-0.15, -0.1) is 11.8 Å². The van der Waals surface area contributed by atoms with Gasteiger partial charge in [-0.05, 0) is 37.3 Å². The zero-order valence-electron chi connectivity index (χ0n) is 11.1. The number of thioether (sulfide) groups is 1. The van der Waals surface area contributed by atoms with Crippen LogP contribution in [0.2, 0.25) is 0 Å². The average Bonchev–Trinajstić information content (AvgIpc) is 3.06. The molecule has 1 fully saturated rings. The number of rotatable bonds is 3. The number of aromatic nitrogens is 1. The molecule has 2 aromatic rings. The smallest absolute Gasteiger partial charge is 0.233 e. The van der Waals surface area contributed by atoms with Crippen molar-refractivity contribution in [2.45, 2.75) is 12.3 Å². The van der Waals surface area contributed by atoms with Gasteiger partial charge in [0.15, 0.2) is 0 Å². The first-order valence-electron chi connectivity index (χ1n) is 6.54. The summed E-state index contributed by atoms with van der Waals surface area (Å²) in [4.78, 5) is 13.6. The lowest BCUT2D eigenvalue weighted by atomic mass is 10.3. The Labute approximate surface area is 121 Å². The van der Waals surface area contributed by atoms with E-state index in [1.165, 1.54) is 12.1 Å². The van der Waals surface area contributed by atoms with E-state index >= 15 is 0 Å². The summed E-state index contributed by atoms with van der Waals surface area (Å²) in [5, 5.41) is 0.0919. The van der Waals surface area contributed by atoms with Gasteiger partial charge in [-0.3, -0.25) is 4.79 Å². The second-order valence-electron chi connectivity index (χ2n) is 4.67. The van der Waals surface area contributed by atoms with Crippen molar-refractivity contribution in [1.82, 2.24) is 9.47 Å². The molecule has 1 saturated heterocycles. The summed E-state index contributed by atoms with van der Waals surface area (Å²) in [6.45, 7) is 2.71. The lowest BCUT2D eigenvalue weighted by Crippen LogP contribution is -2.27. The average molecular weight is 290 g/mol. The summed E-state index contributed by atoms with van der Waals surface area (Å²) >= 11 is 1.65. The molecule has 20 heavy (non-hydrogen) atoms. The Kier molecular flexibility index (Phi) is 3.53. The summed E-state index contributed by atoms with van der Waals surface area (Å²) in [5.41, 5.74) is 2.02. The highest BCUT2D eigenvalue weighted by Gasteiger charge is 2.31. The maximum atomic E-state index is 12.9. The van der Waals surface area contributed by atoms with E-state index in [4.69, 9.17) is 0 Å². The van der Waals surface area contributed by atoms with Crippen molar-refractivity contribution in [3.63, 3.8) is 0 Å². The maximum Gasteiger partial charge on any atom is 0.233 e. The summed E-state index contributed by atoms with van der Waals surface area (Å²) in [7, 11) is 0. The third-order valence-corrected chi connectivity index (χ3v) is 4.69. The number of hydrogen-bond donors (Lipinski definition) is 0. The van der Waals surface area contributed by atoms with Crippen molar-refractivity contribution < 1.29 is 9.18 Å². The molecule has 0 spiro atoms. The molecule has 2 heterocycles.